The van der Waals surface area contributed by atoms with Gasteiger partial charge in [-0.15, -0.1) is 12.2 Å². The molecule has 31 heavy (non-hydrogen) atoms. The van der Waals surface area contributed by atoms with Gasteiger partial charge in [0.05, 0.1) is 13.2 Å². The molecule has 6 nitrogen and oxygen atoms in total. The number of likely N-dealkylation sites (N-methyl/N-ethyl adjacent to an activating group) is 1. The normalized spacial score (nSPS) is 11.5. The smallest absolute Gasteiger partial charge is 0.254 e. The second-order valence-corrected chi connectivity index (χ2v) is 7.01. The van der Waals surface area contributed by atoms with Gasteiger partial charge in [0.2, 0.25) is 0 Å². The van der Waals surface area contributed by atoms with E-state index in [0.29, 0.717) is 30.5 Å². The van der Waals surface area contributed by atoms with Crippen LogP contribution < -0.4 is 5.32 Å². The van der Waals surface area contributed by atoms with Crippen LogP contribution in [0, 0.1) is 0 Å². The van der Waals surface area contributed by atoms with E-state index >= 15 is 0 Å². The van der Waals surface area contributed by atoms with Crippen molar-refractivity contribution in [1.29, 1.82) is 0 Å². The van der Waals surface area contributed by atoms with Gasteiger partial charge in [-0.3, -0.25) is 4.79 Å². The topological polar surface area (TPSA) is 89.2 Å². The van der Waals surface area contributed by atoms with Crippen molar-refractivity contribution in [1.82, 2.24) is 10.2 Å². The first-order valence-corrected chi connectivity index (χ1v) is 10.6. The Balaban J connectivity index is 0.000000525. The van der Waals surface area contributed by atoms with Crippen LogP contribution in [-0.2, 0) is 57.0 Å². The summed E-state index contributed by atoms with van der Waals surface area (Å²) in [5, 5.41) is 3.66. The summed E-state index contributed by atoms with van der Waals surface area (Å²) in [6.07, 6.45) is 0.794. The molecule has 3 rings (SSSR count). The van der Waals surface area contributed by atoms with Crippen LogP contribution in [0.3, 0.4) is 0 Å². The Kier molecular flexibility index (Phi) is 16.0. The van der Waals surface area contributed by atoms with Crippen LogP contribution in [0.5, 0.6) is 0 Å². The molecule has 1 aliphatic rings. The van der Waals surface area contributed by atoms with E-state index in [1.54, 1.807) is 24.1 Å². The molecule has 169 valence electrons. The number of rotatable bonds is 7. The minimum atomic E-state index is 0. The van der Waals surface area contributed by atoms with Crippen molar-refractivity contribution >= 4 is 23.2 Å². The number of amides is 1. The van der Waals surface area contributed by atoms with Crippen LogP contribution in [0.1, 0.15) is 40.9 Å². The molecule has 0 saturated carbocycles. The molecule has 0 aliphatic carbocycles. The largest absolute Gasteiger partial charge is 0.699 e. The molecule has 1 aliphatic heterocycles. The second-order valence-electron chi connectivity index (χ2n) is 6.60. The Labute approximate surface area is 216 Å². The number of benzene rings is 2. The van der Waals surface area contributed by atoms with E-state index in [9.17, 15) is 4.79 Å². The van der Waals surface area contributed by atoms with E-state index < -0.39 is 0 Å². The van der Waals surface area contributed by atoms with E-state index in [2.05, 4.69) is 5.32 Å². The molecule has 0 atom stereocenters. The van der Waals surface area contributed by atoms with Crippen molar-refractivity contribution in [2.75, 3.05) is 33.9 Å². The van der Waals surface area contributed by atoms with Crippen molar-refractivity contribution in [2.45, 2.75) is 33.4 Å². The summed E-state index contributed by atoms with van der Waals surface area (Å²) in [6.45, 7) is 7.20. The van der Waals surface area contributed by atoms with Crippen molar-refractivity contribution in [3.05, 3.63) is 75.1 Å². The zero-order valence-electron chi connectivity index (χ0n) is 18.9. The maximum absolute atomic E-state index is 11.5. The quantitative estimate of drug-likeness (QED) is 0.477. The van der Waals surface area contributed by atoms with Gasteiger partial charge in [0, 0.05) is 63.4 Å². The van der Waals surface area contributed by atoms with Crippen molar-refractivity contribution in [3.8, 4) is 0 Å². The molecular formula is C23H33ClN4O2Y-2. The van der Waals surface area contributed by atoms with Crippen molar-refractivity contribution in [3.63, 3.8) is 0 Å². The maximum Gasteiger partial charge on any atom is 0.254 e. The first-order valence-electron chi connectivity index (χ1n) is 10.2. The second kappa shape index (κ2) is 16.6. The summed E-state index contributed by atoms with van der Waals surface area (Å²) < 4.78 is 5.40. The molecule has 1 radical (unpaired) electrons. The molecule has 0 unspecified atom stereocenters. The van der Waals surface area contributed by atoms with E-state index in [-0.39, 0.29) is 45.2 Å². The van der Waals surface area contributed by atoms with E-state index in [0.717, 1.165) is 35.2 Å². The van der Waals surface area contributed by atoms with Gasteiger partial charge < -0.3 is 26.4 Å². The van der Waals surface area contributed by atoms with Crippen LogP contribution in [0.4, 0.5) is 5.69 Å². The molecule has 0 saturated heterocycles. The summed E-state index contributed by atoms with van der Waals surface area (Å²) in [7, 11) is 3.69. The van der Waals surface area contributed by atoms with Gasteiger partial charge in [-0.25, -0.2) is 0 Å². The van der Waals surface area contributed by atoms with Crippen LogP contribution in [0.15, 0.2) is 36.4 Å². The first kappa shape index (κ1) is 30.0. The number of fused-ring (bicyclic) bond motifs is 1. The fraction of sp³-hybridized carbons (Fsp3) is 0.435. The van der Waals surface area contributed by atoms with Gasteiger partial charge >= 0.3 is 0 Å². The monoisotopic (exact) mass is 521 g/mol. The summed E-state index contributed by atoms with van der Waals surface area (Å²) in [4.78, 5) is 13.2. The summed E-state index contributed by atoms with van der Waals surface area (Å²) >= 11 is 5.98. The Hall–Kier alpha value is -1.02. The van der Waals surface area contributed by atoms with E-state index in [1.807, 2.05) is 45.2 Å². The minimum Gasteiger partial charge on any atom is -0.699 e. The number of halogens is 1. The van der Waals surface area contributed by atoms with Crippen LogP contribution in [-0.4, -0.2) is 44.7 Å². The molecule has 3 N–H and O–H groups in total. The van der Waals surface area contributed by atoms with E-state index in [4.69, 9.17) is 27.8 Å². The fourth-order valence-electron chi connectivity index (χ4n) is 2.84. The third kappa shape index (κ3) is 9.98. The number of nitrogens with one attached hydrogen (secondary N) is 3. The first-order chi connectivity index (χ1) is 14.5. The Bertz CT molecular complexity index is 805. The molecule has 1 amide bonds. The molecule has 1 heterocycles. The van der Waals surface area contributed by atoms with Gasteiger partial charge in [-0.05, 0) is 30.7 Å². The average molecular weight is 522 g/mol. The average Bonchev–Trinajstić information content (AvgIpc) is 3.04. The van der Waals surface area contributed by atoms with Gasteiger partial charge in [-0.2, -0.15) is 0 Å². The van der Waals surface area contributed by atoms with Gasteiger partial charge in [0.15, 0.2) is 0 Å². The SMILES string of the molecule is CC.CN1Cc2cc(C[NH-])ccc2C1=O.CNCCOCCc1ccc([NH-])cc1Cl.[Y]. The fourth-order valence-corrected chi connectivity index (χ4v) is 3.11. The zero-order chi connectivity index (χ0) is 22.5. The number of nitrogens with zero attached hydrogens (tertiary/aromatic N) is 1. The standard InChI is InChI=1S/C11H16ClN2O.C10H11N2O.C2H6.Y/c1-14-5-7-15-6-4-9-2-3-10(13)8-11(9)12;1-12-6-8-4-7(5-11)2-3-9(8)10(12)13;1-2;/h2-3,8,13-14H,4-7H2,1H3;2-4,11H,5-6H2,1H3;1-2H3;/q2*-1;;. The molecule has 2 aromatic carbocycles. The molecule has 0 fully saturated rings. The summed E-state index contributed by atoms with van der Waals surface area (Å²) in [6, 6.07) is 10.9. The van der Waals surface area contributed by atoms with Crippen molar-refractivity contribution in [2.24, 2.45) is 0 Å². The van der Waals surface area contributed by atoms with Gasteiger partial charge in [0.25, 0.3) is 5.91 Å². The summed E-state index contributed by atoms with van der Waals surface area (Å²) in [5.41, 5.74) is 18.9. The van der Waals surface area contributed by atoms with Crippen LogP contribution in [0.2, 0.25) is 5.02 Å². The van der Waals surface area contributed by atoms with Gasteiger partial charge in [0.1, 0.15) is 0 Å². The third-order valence-corrected chi connectivity index (χ3v) is 4.78. The number of carbonyl (C=O) groups excluding carboxylic acids is 1. The molecule has 0 aromatic heterocycles. The molecule has 2 aromatic rings. The summed E-state index contributed by atoms with van der Waals surface area (Å²) in [5.74, 6) is 0.0894. The van der Waals surface area contributed by atoms with Crippen molar-refractivity contribution < 1.29 is 42.2 Å². The third-order valence-electron chi connectivity index (χ3n) is 4.42. The predicted molar refractivity (Wildman–Crippen MR) is 125 cm³/mol. The van der Waals surface area contributed by atoms with Gasteiger partial charge in [-0.1, -0.05) is 61.3 Å². The molecule has 8 heteroatoms. The zero-order valence-corrected chi connectivity index (χ0v) is 22.5. The predicted octanol–water partition coefficient (Wildman–Crippen LogP) is 5.65. The Morgan fingerprint density at radius 1 is 1.16 bits per heavy atom. The Morgan fingerprint density at radius 3 is 2.48 bits per heavy atom. The van der Waals surface area contributed by atoms with Crippen LogP contribution in [0.25, 0.3) is 11.5 Å². The number of hydrogen-bond acceptors (Lipinski definition) is 3. The molecule has 0 spiro atoms. The van der Waals surface area contributed by atoms with E-state index in [1.165, 1.54) is 0 Å². The molecule has 0 bridgehead atoms. The van der Waals surface area contributed by atoms with Crippen LogP contribution >= 0.6 is 11.6 Å². The number of carbonyl (C=O) groups is 1. The molecular weight excluding hydrogens is 489 g/mol. The maximum atomic E-state index is 11.5. The number of ether oxygens (including phenoxy) is 1. The Morgan fingerprint density at radius 2 is 1.87 bits per heavy atom. The number of hydrogen-bond donors (Lipinski definition) is 1. The minimum absolute atomic E-state index is 0.